The number of ether oxygens (including phenoxy) is 1. The average Bonchev–Trinajstić information content (AvgIpc) is 3.45. The molecule has 1 aromatic carbocycles. The van der Waals surface area contributed by atoms with Crippen LogP contribution in [0.15, 0.2) is 12.1 Å². The number of nitrogens with zero attached hydrogens (tertiary/aromatic N) is 2. The van der Waals surface area contributed by atoms with E-state index >= 15 is 4.39 Å². The van der Waals surface area contributed by atoms with E-state index in [9.17, 15) is 10.1 Å². The van der Waals surface area contributed by atoms with Crippen molar-refractivity contribution in [3.63, 3.8) is 0 Å². The highest BCUT2D eigenvalue weighted by Gasteiger charge is 2.58. The summed E-state index contributed by atoms with van der Waals surface area (Å²) in [6, 6.07) is 5.87. The lowest BCUT2D eigenvalue weighted by atomic mass is 9.46. The molecule has 0 unspecified atom stereocenters. The molecule has 5 saturated carbocycles. The van der Waals surface area contributed by atoms with Gasteiger partial charge in [-0.1, -0.05) is 0 Å². The summed E-state index contributed by atoms with van der Waals surface area (Å²) in [5.41, 5.74) is 0.705. The summed E-state index contributed by atoms with van der Waals surface area (Å²) in [6.45, 7) is 1.78. The summed E-state index contributed by atoms with van der Waals surface area (Å²) in [5, 5.41) is 10.3. The minimum atomic E-state index is -0.493. The molecule has 0 N–H and O–H groups in total. The Labute approximate surface area is 183 Å². The van der Waals surface area contributed by atoms with Crippen LogP contribution in [0.3, 0.4) is 0 Å². The zero-order valence-electron chi connectivity index (χ0n) is 18.1. The van der Waals surface area contributed by atoms with Crippen LogP contribution in [-0.4, -0.2) is 30.5 Å². The lowest BCUT2D eigenvalue weighted by Crippen LogP contribution is -2.54. The molecule has 4 bridgehead atoms. The van der Waals surface area contributed by atoms with Gasteiger partial charge in [-0.2, -0.15) is 5.26 Å². The van der Waals surface area contributed by atoms with Gasteiger partial charge in [-0.15, -0.1) is 0 Å². The van der Waals surface area contributed by atoms with E-state index in [0.717, 1.165) is 68.8 Å². The van der Waals surface area contributed by atoms with E-state index in [1.165, 1.54) is 12.5 Å². The Hall–Kier alpha value is -2.09. The van der Waals surface area contributed by atoms with Crippen LogP contribution in [0.5, 0.6) is 5.75 Å². The number of hydrogen-bond acceptors (Lipinski definition) is 3. The maximum Gasteiger partial charge on any atom is 0.256 e. The minimum absolute atomic E-state index is 0.181. The largest absolute Gasteiger partial charge is 0.491 e. The summed E-state index contributed by atoms with van der Waals surface area (Å²) >= 11 is 0. The summed E-state index contributed by atoms with van der Waals surface area (Å²) in [4.78, 5) is 14.6. The zero-order chi connectivity index (χ0) is 21.2. The molecule has 1 aliphatic heterocycles. The molecule has 1 aromatic rings. The summed E-state index contributed by atoms with van der Waals surface area (Å²) < 4.78 is 21.4. The van der Waals surface area contributed by atoms with Gasteiger partial charge >= 0.3 is 0 Å². The molecule has 5 heteroatoms. The SMILES string of the molecule is N#CC1(COc2cc(F)c(C(=O)N3CCCC3)cc2C2CC2)C2CC3CC(C2)CC1C3. The first kappa shape index (κ1) is 19.6. The Morgan fingerprint density at radius 3 is 2.32 bits per heavy atom. The third kappa shape index (κ3) is 3.17. The number of benzene rings is 1. The number of rotatable bonds is 5. The molecule has 1 saturated heterocycles. The maximum absolute atomic E-state index is 15.1. The second kappa shape index (κ2) is 7.22. The second-order valence-corrected chi connectivity index (χ2v) is 10.9. The van der Waals surface area contributed by atoms with Crippen molar-refractivity contribution in [2.45, 2.75) is 63.7 Å². The number of amides is 1. The molecule has 6 fully saturated rings. The Bertz CT molecular complexity index is 913. The Kier molecular flexibility index (Phi) is 4.56. The topological polar surface area (TPSA) is 53.3 Å². The molecule has 0 radical (unpaired) electrons. The van der Waals surface area contributed by atoms with E-state index in [1.54, 1.807) is 11.0 Å². The molecular formula is C26H31FN2O2. The Balaban J connectivity index is 1.27. The van der Waals surface area contributed by atoms with Gasteiger partial charge in [0.15, 0.2) is 0 Å². The predicted octanol–water partition coefficient (Wildman–Crippen LogP) is 5.28. The predicted molar refractivity (Wildman–Crippen MR) is 114 cm³/mol. The van der Waals surface area contributed by atoms with Gasteiger partial charge < -0.3 is 9.64 Å². The van der Waals surface area contributed by atoms with Crippen molar-refractivity contribution in [2.24, 2.45) is 29.1 Å². The lowest BCUT2D eigenvalue weighted by molar-refractivity contribution is -0.0943. The quantitative estimate of drug-likeness (QED) is 0.648. The third-order valence-corrected chi connectivity index (χ3v) is 9.01. The first-order chi connectivity index (χ1) is 15.1. The van der Waals surface area contributed by atoms with Crippen LogP contribution >= 0.6 is 0 Å². The van der Waals surface area contributed by atoms with E-state index in [-0.39, 0.29) is 11.5 Å². The van der Waals surface area contributed by atoms with Crippen LogP contribution in [-0.2, 0) is 0 Å². The molecule has 5 aliphatic carbocycles. The molecule has 0 atom stereocenters. The number of hydrogen-bond donors (Lipinski definition) is 0. The first-order valence-corrected chi connectivity index (χ1v) is 12.2. The second-order valence-electron chi connectivity index (χ2n) is 10.9. The van der Waals surface area contributed by atoms with Crippen molar-refractivity contribution in [1.29, 1.82) is 5.26 Å². The van der Waals surface area contributed by atoms with Crippen molar-refractivity contribution < 1.29 is 13.9 Å². The lowest BCUT2D eigenvalue weighted by Gasteiger charge is -2.58. The van der Waals surface area contributed by atoms with Crippen molar-refractivity contribution >= 4 is 5.91 Å². The van der Waals surface area contributed by atoms with Crippen LogP contribution in [0, 0.1) is 46.2 Å². The molecule has 164 valence electrons. The van der Waals surface area contributed by atoms with Crippen LogP contribution in [0.25, 0.3) is 0 Å². The van der Waals surface area contributed by atoms with Crippen LogP contribution in [0.4, 0.5) is 4.39 Å². The van der Waals surface area contributed by atoms with Gasteiger partial charge in [0.2, 0.25) is 0 Å². The number of carbonyl (C=O) groups excluding carboxylic acids is 1. The van der Waals surface area contributed by atoms with Gasteiger partial charge in [0.25, 0.3) is 5.91 Å². The summed E-state index contributed by atoms with van der Waals surface area (Å²) in [7, 11) is 0. The molecule has 1 amide bonds. The molecule has 0 aromatic heterocycles. The fraction of sp³-hybridized carbons (Fsp3) is 0.692. The molecule has 31 heavy (non-hydrogen) atoms. The van der Waals surface area contributed by atoms with Crippen LogP contribution < -0.4 is 4.74 Å². The van der Waals surface area contributed by atoms with Crippen molar-refractivity contribution in [3.8, 4) is 11.8 Å². The molecule has 4 nitrogen and oxygen atoms in total. The van der Waals surface area contributed by atoms with Crippen molar-refractivity contribution in [3.05, 3.63) is 29.1 Å². The van der Waals surface area contributed by atoms with Gasteiger partial charge in [0.1, 0.15) is 18.2 Å². The number of nitriles is 1. The van der Waals surface area contributed by atoms with Crippen molar-refractivity contribution in [1.82, 2.24) is 4.90 Å². The number of halogens is 1. The van der Waals surface area contributed by atoms with Gasteiger partial charge in [0.05, 0.1) is 17.0 Å². The number of likely N-dealkylation sites (tertiary alicyclic amines) is 1. The maximum atomic E-state index is 15.1. The van der Waals surface area contributed by atoms with E-state index in [2.05, 4.69) is 6.07 Å². The van der Waals surface area contributed by atoms with Gasteiger partial charge in [-0.3, -0.25) is 4.79 Å². The standard InChI is InChI=1S/C26H31FN2O2/c27-23-13-24(21(18-3-4-18)12-22(23)25(30)29-5-1-2-6-29)31-15-26(14-28)19-8-16-7-17(10-19)11-20(26)9-16/h12-13,16-20H,1-11,15H2. The molecule has 0 spiro atoms. The molecule has 7 rings (SSSR count). The van der Waals surface area contributed by atoms with Gasteiger partial charge in [-0.25, -0.2) is 4.39 Å². The molecule has 6 aliphatic rings. The fourth-order valence-electron chi connectivity index (χ4n) is 7.34. The summed E-state index contributed by atoms with van der Waals surface area (Å²) in [6.07, 6.45) is 10.0. The highest BCUT2D eigenvalue weighted by atomic mass is 19.1. The average molecular weight is 423 g/mol. The van der Waals surface area contributed by atoms with E-state index in [1.807, 2.05) is 0 Å². The monoisotopic (exact) mass is 422 g/mol. The fourth-order valence-corrected chi connectivity index (χ4v) is 7.34. The van der Waals surface area contributed by atoms with Gasteiger partial charge in [0, 0.05) is 19.2 Å². The van der Waals surface area contributed by atoms with E-state index in [0.29, 0.717) is 43.2 Å². The normalized spacial score (nSPS) is 35.9. The van der Waals surface area contributed by atoms with Gasteiger partial charge in [-0.05, 0) is 99.0 Å². The Morgan fingerprint density at radius 1 is 1.10 bits per heavy atom. The number of carbonyl (C=O) groups is 1. The highest BCUT2D eigenvalue weighted by Crippen LogP contribution is 2.62. The van der Waals surface area contributed by atoms with Crippen molar-refractivity contribution in [2.75, 3.05) is 19.7 Å². The smallest absolute Gasteiger partial charge is 0.256 e. The molecular weight excluding hydrogens is 391 g/mol. The minimum Gasteiger partial charge on any atom is -0.491 e. The van der Waals surface area contributed by atoms with E-state index < -0.39 is 11.2 Å². The van der Waals surface area contributed by atoms with E-state index in [4.69, 9.17) is 4.74 Å². The highest BCUT2D eigenvalue weighted by molar-refractivity contribution is 5.95. The summed E-state index contributed by atoms with van der Waals surface area (Å²) in [5.74, 6) is 2.63. The first-order valence-electron chi connectivity index (χ1n) is 12.2. The third-order valence-electron chi connectivity index (χ3n) is 9.01. The van der Waals surface area contributed by atoms with Crippen LogP contribution in [0.2, 0.25) is 0 Å². The van der Waals surface area contributed by atoms with Crippen LogP contribution in [0.1, 0.15) is 79.6 Å². The Morgan fingerprint density at radius 2 is 1.74 bits per heavy atom. The zero-order valence-corrected chi connectivity index (χ0v) is 18.1. The molecule has 1 heterocycles.